The van der Waals surface area contributed by atoms with E-state index in [9.17, 15) is 18.0 Å². The molecule has 1 aromatic carbocycles. The summed E-state index contributed by atoms with van der Waals surface area (Å²) in [6.07, 6.45) is -3.49. The molecule has 0 fully saturated rings. The van der Waals surface area contributed by atoms with E-state index in [2.05, 4.69) is 5.10 Å². The van der Waals surface area contributed by atoms with Crippen molar-refractivity contribution >= 4 is 23.8 Å². The number of hydrogen-bond acceptors (Lipinski definition) is 2. The van der Waals surface area contributed by atoms with Crippen molar-refractivity contribution in [3.05, 3.63) is 34.3 Å². The van der Waals surface area contributed by atoms with Gasteiger partial charge in [0.2, 0.25) is 0 Å². The third-order valence-corrected chi connectivity index (χ3v) is 1.85. The van der Waals surface area contributed by atoms with Crippen LogP contribution in [0, 0.1) is 0 Å². The topological polar surface area (TPSA) is 67.5 Å². The predicted octanol–water partition coefficient (Wildman–Crippen LogP) is 2.36. The lowest BCUT2D eigenvalue weighted by Crippen LogP contribution is -2.24. The number of rotatable bonds is 2. The van der Waals surface area contributed by atoms with Gasteiger partial charge in [0.1, 0.15) is 0 Å². The molecule has 0 aromatic heterocycles. The van der Waals surface area contributed by atoms with Crippen LogP contribution in [0.25, 0.3) is 0 Å². The van der Waals surface area contributed by atoms with E-state index in [-0.39, 0.29) is 10.6 Å². The van der Waals surface area contributed by atoms with Crippen LogP contribution in [-0.2, 0) is 6.18 Å². The van der Waals surface area contributed by atoms with Gasteiger partial charge in [-0.1, -0.05) is 11.6 Å². The van der Waals surface area contributed by atoms with Crippen molar-refractivity contribution in [2.75, 3.05) is 0 Å². The molecule has 3 N–H and O–H groups in total. The van der Waals surface area contributed by atoms with Gasteiger partial charge in [-0.25, -0.2) is 10.2 Å². The fourth-order valence-electron chi connectivity index (χ4n) is 1.02. The van der Waals surface area contributed by atoms with E-state index in [1.807, 2.05) is 5.43 Å². The zero-order valence-corrected chi connectivity index (χ0v) is 9.01. The number of nitrogens with one attached hydrogen (secondary N) is 1. The Hall–Kier alpha value is -1.76. The highest BCUT2D eigenvalue weighted by Gasteiger charge is 2.30. The Morgan fingerprint density at radius 2 is 2.06 bits per heavy atom. The molecule has 2 amide bonds. The van der Waals surface area contributed by atoms with E-state index in [0.717, 1.165) is 18.3 Å². The number of nitrogens with zero attached hydrogens (tertiary/aromatic N) is 1. The normalized spacial score (nSPS) is 11.8. The highest BCUT2D eigenvalue weighted by Crippen LogP contribution is 2.31. The van der Waals surface area contributed by atoms with Crippen LogP contribution in [0.15, 0.2) is 23.3 Å². The molecule has 0 atom stereocenters. The molecular weight excluding hydrogens is 259 g/mol. The van der Waals surface area contributed by atoms with Crippen molar-refractivity contribution in [1.82, 2.24) is 5.43 Å². The zero-order chi connectivity index (χ0) is 13.1. The van der Waals surface area contributed by atoms with Gasteiger partial charge in [0.05, 0.1) is 11.8 Å². The van der Waals surface area contributed by atoms with Crippen LogP contribution in [0.4, 0.5) is 18.0 Å². The fourth-order valence-corrected chi connectivity index (χ4v) is 1.26. The molecule has 4 nitrogen and oxygen atoms in total. The maximum absolute atomic E-state index is 12.4. The summed E-state index contributed by atoms with van der Waals surface area (Å²) in [5, 5.41) is 3.25. The largest absolute Gasteiger partial charge is 0.416 e. The number of halogens is 4. The number of amides is 2. The second-order valence-electron chi connectivity index (χ2n) is 3.01. The molecule has 0 saturated carbocycles. The molecule has 0 spiro atoms. The summed E-state index contributed by atoms with van der Waals surface area (Å²) in [4.78, 5) is 10.3. The van der Waals surface area contributed by atoms with Crippen LogP contribution >= 0.6 is 11.6 Å². The predicted molar refractivity (Wildman–Crippen MR) is 56.8 cm³/mol. The quantitative estimate of drug-likeness (QED) is 0.625. The van der Waals surface area contributed by atoms with Crippen LogP contribution in [-0.4, -0.2) is 12.2 Å². The van der Waals surface area contributed by atoms with Crippen LogP contribution in [0.1, 0.15) is 11.1 Å². The zero-order valence-electron chi connectivity index (χ0n) is 8.25. The minimum Gasteiger partial charge on any atom is -0.350 e. The number of urea groups is 1. The van der Waals surface area contributed by atoms with Crippen LogP contribution in [0.3, 0.4) is 0 Å². The maximum atomic E-state index is 12.4. The summed E-state index contributed by atoms with van der Waals surface area (Å²) in [5.74, 6) is 0. The first-order valence-corrected chi connectivity index (χ1v) is 4.63. The van der Waals surface area contributed by atoms with Gasteiger partial charge in [-0.3, -0.25) is 0 Å². The Morgan fingerprint density at radius 3 is 2.59 bits per heavy atom. The number of benzene rings is 1. The molecule has 0 bridgehead atoms. The van der Waals surface area contributed by atoms with Crippen molar-refractivity contribution in [3.8, 4) is 0 Å². The standard InChI is InChI=1S/C9H7ClF3N3O/c10-7-2-5(4-15-16-8(14)17)1-6(3-7)9(11,12)13/h1-4H,(H3,14,16,17). The number of hydrazone groups is 1. The molecule has 0 aliphatic heterocycles. The highest BCUT2D eigenvalue weighted by molar-refractivity contribution is 6.30. The fraction of sp³-hybridized carbons (Fsp3) is 0.111. The Morgan fingerprint density at radius 1 is 1.41 bits per heavy atom. The van der Waals surface area contributed by atoms with Crippen molar-refractivity contribution in [2.45, 2.75) is 6.18 Å². The highest BCUT2D eigenvalue weighted by atomic mass is 35.5. The first-order valence-electron chi connectivity index (χ1n) is 4.25. The Balaban J connectivity index is 2.98. The average Bonchev–Trinajstić information content (AvgIpc) is 2.14. The molecular formula is C9H7ClF3N3O. The van der Waals surface area contributed by atoms with Crippen molar-refractivity contribution in [1.29, 1.82) is 0 Å². The summed E-state index contributed by atoms with van der Waals surface area (Å²) >= 11 is 5.52. The van der Waals surface area contributed by atoms with Crippen molar-refractivity contribution in [2.24, 2.45) is 10.8 Å². The minimum atomic E-state index is -4.50. The maximum Gasteiger partial charge on any atom is 0.416 e. The van der Waals surface area contributed by atoms with Gasteiger partial charge in [-0.2, -0.15) is 18.3 Å². The second kappa shape index (κ2) is 5.05. The summed E-state index contributed by atoms with van der Waals surface area (Å²) in [5.41, 5.74) is 5.77. The lowest BCUT2D eigenvalue weighted by molar-refractivity contribution is -0.137. The van der Waals surface area contributed by atoms with Crippen LogP contribution < -0.4 is 11.2 Å². The number of nitrogens with two attached hydrogens (primary N) is 1. The summed E-state index contributed by atoms with van der Waals surface area (Å²) in [7, 11) is 0. The van der Waals surface area contributed by atoms with Crippen molar-refractivity contribution in [3.63, 3.8) is 0 Å². The molecule has 0 unspecified atom stereocenters. The van der Waals surface area contributed by atoms with E-state index >= 15 is 0 Å². The number of carbonyl (C=O) groups excluding carboxylic acids is 1. The monoisotopic (exact) mass is 265 g/mol. The second-order valence-corrected chi connectivity index (χ2v) is 3.44. The van der Waals surface area contributed by atoms with Gasteiger partial charge in [-0.15, -0.1) is 0 Å². The molecule has 1 aromatic rings. The van der Waals surface area contributed by atoms with Gasteiger partial charge >= 0.3 is 12.2 Å². The number of primary amides is 1. The van der Waals surface area contributed by atoms with Gasteiger partial charge in [0.25, 0.3) is 0 Å². The third-order valence-electron chi connectivity index (χ3n) is 1.64. The Labute approximate surface area is 99.2 Å². The Bertz CT molecular complexity index is 459. The summed E-state index contributed by atoms with van der Waals surface area (Å²) in [6, 6.07) is 1.99. The summed E-state index contributed by atoms with van der Waals surface area (Å²) < 4.78 is 37.2. The molecule has 0 radical (unpaired) electrons. The summed E-state index contributed by atoms with van der Waals surface area (Å²) in [6.45, 7) is 0. The Kier molecular flexibility index (Phi) is 3.95. The molecule has 8 heteroatoms. The lowest BCUT2D eigenvalue weighted by atomic mass is 10.1. The van der Waals surface area contributed by atoms with E-state index < -0.39 is 17.8 Å². The average molecular weight is 266 g/mol. The molecule has 1 rings (SSSR count). The number of carbonyl (C=O) groups is 1. The molecule has 0 aliphatic rings. The van der Waals surface area contributed by atoms with E-state index in [1.165, 1.54) is 6.07 Å². The number of hydrogen-bond donors (Lipinski definition) is 2. The van der Waals surface area contributed by atoms with Gasteiger partial charge in [0.15, 0.2) is 0 Å². The van der Waals surface area contributed by atoms with Gasteiger partial charge in [-0.05, 0) is 23.8 Å². The first kappa shape index (κ1) is 13.3. The van der Waals surface area contributed by atoms with E-state index in [1.54, 1.807) is 0 Å². The molecule has 92 valence electrons. The minimum absolute atomic E-state index is 0.0830. The van der Waals surface area contributed by atoms with Crippen LogP contribution in [0.5, 0.6) is 0 Å². The lowest BCUT2D eigenvalue weighted by Gasteiger charge is -2.07. The van der Waals surface area contributed by atoms with Crippen molar-refractivity contribution < 1.29 is 18.0 Å². The number of alkyl halides is 3. The third kappa shape index (κ3) is 4.31. The molecule has 0 heterocycles. The first-order chi connectivity index (χ1) is 7.79. The molecule has 17 heavy (non-hydrogen) atoms. The van der Waals surface area contributed by atoms with Crippen LogP contribution in [0.2, 0.25) is 5.02 Å². The SMILES string of the molecule is NC(=O)NN=Cc1cc(Cl)cc(C(F)(F)F)c1. The van der Waals surface area contributed by atoms with Gasteiger partial charge in [0, 0.05) is 5.02 Å². The smallest absolute Gasteiger partial charge is 0.350 e. The van der Waals surface area contributed by atoms with E-state index in [0.29, 0.717) is 0 Å². The van der Waals surface area contributed by atoms with E-state index in [4.69, 9.17) is 17.3 Å². The molecule has 0 saturated heterocycles. The molecule has 0 aliphatic carbocycles. The van der Waals surface area contributed by atoms with Gasteiger partial charge < -0.3 is 5.73 Å².